The van der Waals surface area contributed by atoms with E-state index in [9.17, 15) is 0 Å². The zero-order valence-electron chi connectivity index (χ0n) is 12.0. The van der Waals surface area contributed by atoms with Crippen LogP contribution >= 0.6 is 0 Å². The monoisotopic (exact) mass is 272 g/mol. The topological polar surface area (TPSA) is 47.3 Å². The van der Waals surface area contributed by atoms with Gasteiger partial charge in [-0.15, -0.1) is 0 Å². The Hall–Kier alpha value is -1.16. The van der Waals surface area contributed by atoms with E-state index >= 15 is 0 Å². The number of nitrogens with one attached hydrogen (secondary N) is 1. The first kappa shape index (κ1) is 13.8. The van der Waals surface area contributed by atoms with Crippen LogP contribution in [0, 0.1) is 0 Å². The number of hydrazine groups is 1. The van der Waals surface area contributed by atoms with Crippen LogP contribution in [0.2, 0.25) is 0 Å². The number of allylic oxidation sites excluding steroid dienone is 1. The highest BCUT2D eigenvalue weighted by atomic mass is 16.5. The maximum Gasteiger partial charge on any atom is 0.103 e. The molecule has 0 saturated carbocycles. The first-order valence-corrected chi connectivity index (χ1v) is 7.74. The van der Waals surface area contributed by atoms with E-state index in [1.54, 1.807) is 0 Å². The van der Waals surface area contributed by atoms with Crippen LogP contribution in [0.15, 0.2) is 35.9 Å². The molecule has 0 bridgehead atoms. The average molecular weight is 272 g/mol. The van der Waals surface area contributed by atoms with Crippen molar-refractivity contribution in [3.05, 3.63) is 47.0 Å². The Bertz CT molecular complexity index is 484. The number of nitrogens with two attached hydrogens (primary N) is 1. The molecule has 108 valence electrons. The summed E-state index contributed by atoms with van der Waals surface area (Å²) in [6, 6.07) is 8.70. The molecule has 3 rings (SSSR count). The molecule has 0 radical (unpaired) electrons. The molecule has 3 N–H and O–H groups in total. The molecule has 1 aromatic carbocycles. The number of hydrogen-bond donors (Lipinski definition) is 2. The third-order valence-electron chi connectivity index (χ3n) is 4.49. The van der Waals surface area contributed by atoms with E-state index in [4.69, 9.17) is 10.6 Å². The van der Waals surface area contributed by atoms with Crippen LogP contribution in [-0.2, 0) is 11.2 Å². The molecular weight excluding hydrogens is 248 g/mol. The third-order valence-corrected chi connectivity index (χ3v) is 4.49. The zero-order valence-corrected chi connectivity index (χ0v) is 12.0. The van der Waals surface area contributed by atoms with Crippen molar-refractivity contribution in [2.75, 3.05) is 6.61 Å². The van der Waals surface area contributed by atoms with Gasteiger partial charge in [0.1, 0.15) is 6.10 Å². The first-order valence-electron chi connectivity index (χ1n) is 7.74. The van der Waals surface area contributed by atoms with Crippen LogP contribution in [0.3, 0.4) is 0 Å². The number of benzene rings is 1. The first-order chi connectivity index (χ1) is 9.90. The van der Waals surface area contributed by atoms with Gasteiger partial charge in [0.15, 0.2) is 0 Å². The van der Waals surface area contributed by atoms with Gasteiger partial charge in [0.05, 0.1) is 12.6 Å². The van der Waals surface area contributed by atoms with Crippen LogP contribution in [0.5, 0.6) is 0 Å². The number of hydrogen-bond acceptors (Lipinski definition) is 3. The molecular formula is C17H24N2O. The summed E-state index contributed by atoms with van der Waals surface area (Å²) in [6.07, 6.45) is 9.61. The minimum Gasteiger partial charge on any atom is -0.371 e. The second-order valence-electron chi connectivity index (χ2n) is 5.76. The number of ether oxygens (including phenoxy) is 1. The van der Waals surface area contributed by atoms with Crippen LogP contribution in [-0.4, -0.2) is 12.6 Å². The Labute approximate surface area is 121 Å². The Morgan fingerprint density at radius 3 is 2.95 bits per heavy atom. The van der Waals surface area contributed by atoms with Gasteiger partial charge in [-0.1, -0.05) is 42.3 Å². The summed E-state index contributed by atoms with van der Waals surface area (Å²) in [7, 11) is 0. The van der Waals surface area contributed by atoms with Gasteiger partial charge >= 0.3 is 0 Å². The van der Waals surface area contributed by atoms with Gasteiger partial charge in [-0.2, -0.15) is 0 Å². The highest BCUT2D eigenvalue weighted by Crippen LogP contribution is 2.34. The fraction of sp³-hybridized carbons (Fsp3) is 0.529. The third kappa shape index (κ3) is 2.80. The molecule has 3 heteroatoms. The van der Waals surface area contributed by atoms with Crippen molar-refractivity contribution in [2.24, 2.45) is 5.84 Å². The lowest BCUT2D eigenvalue weighted by atomic mass is 9.88. The molecule has 0 saturated heterocycles. The zero-order chi connectivity index (χ0) is 13.8. The lowest BCUT2D eigenvalue weighted by molar-refractivity contribution is 0.0230. The molecule has 0 spiro atoms. The summed E-state index contributed by atoms with van der Waals surface area (Å²) >= 11 is 0. The van der Waals surface area contributed by atoms with Gasteiger partial charge in [-0.3, -0.25) is 11.3 Å². The molecule has 3 nitrogen and oxygen atoms in total. The number of rotatable bonds is 3. The molecule has 2 atom stereocenters. The summed E-state index contributed by atoms with van der Waals surface area (Å²) < 4.78 is 6.07. The average Bonchev–Trinajstić information content (AvgIpc) is 2.78. The Balaban J connectivity index is 1.88. The molecule has 2 aliphatic rings. The predicted octanol–water partition coefficient (Wildman–Crippen LogP) is 3.02. The van der Waals surface area contributed by atoms with Gasteiger partial charge in [0.25, 0.3) is 0 Å². The van der Waals surface area contributed by atoms with E-state index in [-0.39, 0.29) is 12.1 Å². The molecule has 20 heavy (non-hydrogen) atoms. The maximum absolute atomic E-state index is 6.07. The quantitative estimate of drug-likeness (QED) is 0.505. The standard InChI is InChI=1S/C17H24N2O/c18-19-16(14-8-3-1-2-4-9-14)17-15-10-6-5-7-13(15)11-12-20-17/h5-8,10,16-17,19H,1-4,9,11-12,18H2. The van der Waals surface area contributed by atoms with Crippen molar-refractivity contribution in [3.8, 4) is 0 Å². The van der Waals surface area contributed by atoms with Crippen molar-refractivity contribution >= 4 is 0 Å². The van der Waals surface area contributed by atoms with Gasteiger partial charge in [-0.25, -0.2) is 0 Å². The van der Waals surface area contributed by atoms with E-state index in [1.165, 1.54) is 42.4 Å². The van der Waals surface area contributed by atoms with E-state index in [2.05, 4.69) is 35.8 Å². The second-order valence-corrected chi connectivity index (χ2v) is 5.76. The fourth-order valence-corrected chi connectivity index (χ4v) is 3.41. The molecule has 0 fully saturated rings. The highest BCUT2D eigenvalue weighted by Gasteiger charge is 2.30. The van der Waals surface area contributed by atoms with Crippen molar-refractivity contribution in [1.82, 2.24) is 5.43 Å². The largest absolute Gasteiger partial charge is 0.371 e. The Morgan fingerprint density at radius 1 is 1.15 bits per heavy atom. The van der Waals surface area contributed by atoms with Crippen molar-refractivity contribution in [2.45, 2.75) is 50.7 Å². The summed E-state index contributed by atoms with van der Waals surface area (Å²) in [5.74, 6) is 5.87. The van der Waals surface area contributed by atoms with Crippen molar-refractivity contribution < 1.29 is 4.74 Å². The predicted molar refractivity (Wildman–Crippen MR) is 81.1 cm³/mol. The highest BCUT2D eigenvalue weighted by molar-refractivity contribution is 5.34. The fourth-order valence-electron chi connectivity index (χ4n) is 3.41. The van der Waals surface area contributed by atoms with E-state index in [1.807, 2.05) is 0 Å². The van der Waals surface area contributed by atoms with Crippen LogP contribution < -0.4 is 11.3 Å². The summed E-state index contributed by atoms with van der Waals surface area (Å²) in [4.78, 5) is 0. The second kappa shape index (κ2) is 6.53. The SMILES string of the molecule is NNC(C1=CCCCCC1)C1OCCc2ccccc21. The van der Waals surface area contributed by atoms with Gasteiger partial charge in [0.2, 0.25) is 0 Å². The molecule has 0 amide bonds. The van der Waals surface area contributed by atoms with E-state index in [0.29, 0.717) is 0 Å². The van der Waals surface area contributed by atoms with Gasteiger partial charge in [0, 0.05) is 0 Å². The maximum atomic E-state index is 6.07. The molecule has 1 aliphatic carbocycles. The molecule has 2 unspecified atom stereocenters. The van der Waals surface area contributed by atoms with Gasteiger partial charge in [-0.05, 0) is 43.2 Å². The normalized spacial score (nSPS) is 24.4. The lowest BCUT2D eigenvalue weighted by Crippen LogP contribution is -2.43. The Morgan fingerprint density at radius 2 is 2.05 bits per heavy atom. The molecule has 1 aliphatic heterocycles. The van der Waals surface area contributed by atoms with Crippen molar-refractivity contribution in [3.63, 3.8) is 0 Å². The summed E-state index contributed by atoms with van der Waals surface area (Å²) in [6.45, 7) is 0.785. The lowest BCUT2D eigenvalue weighted by Gasteiger charge is -2.33. The van der Waals surface area contributed by atoms with Gasteiger partial charge < -0.3 is 4.74 Å². The molecule has 1 aromatic rings. The van der Waals surface area contributed by atoms with E-state index < -0.39 is 0 Å². The number of fused-ring (bicyclic) bond motifs is 1. The van der Waals surface area contributed by atoms with Crippen molar-refractivity contribution in [1.29, 1.82) is 0 Å². The van der Waals surface area contributed by atoms with E-state index in [0.717, 1.165) is 19.4 Å². The summed E-state index contributed by atoms with van der Waals surface area (Å²) in [5.41, 5.74) is 7.14. The van der Waals surface area contributed by atoms with Crippen LogP contribution in [0.1, 0.15) is 49.3 Å². The minimum atomic E-state index is 0.0503. The molecule has 1 heterocycles. The summed E-state index contributed by atoms with van der Waals surface area (Å²) in [5, 5.41) is 0. The Kier molecular flexibility index (Phi) is 4.51. The van der Waals surface area contributed by atoms with Crippen LogP contribution in [0.25, 0.3) is 0 Å². The smallest absolute Gasteiger partial charge is 0.103 e. The minimum absolute atomic E-state index is 0.0503. The molecule has 0 aromatic heterocycles. The van der Waals surface area contributed by atoms with Crippen LogP contribution in [0.4, 0.5) is 0 Å².